The number of aliphatic hydroxyl groups excluding tert-OH is 4. The van der Waals surface area contributed by atoms with Gasteiger partial charge in [-0.3, -0.25) is 27.3 Å². The molecule has 24 nitrogen and oxygen atoms in total. The Hall–Kier alpha value is -6.71. The minimum atomic E-state index is -3.57. The Morgan fingerprint density at radius 3 is 1.14 bits per heavy atom. The first-order valence-electron chi connectivity index (χ1n) is 39.2. The molecule has 119 heavy (non-hydrogen) atoms. The van der Waals surface area contributed by atoms with Crippen LogP contribution in [0.3, 0.4) is 0 Å². The highest BCUT2D eigenvalue weighted by Crippen LogP contribution is 2.46. The zero-order chi connectivity index (χ0) is 88.1. The smallest absolute Gasteiger partial charge is 0.308 e. The predicted octanol–water partition coefficient (Wildman–Crippen LogP) is 16.5. The van der Waals surface area contributed by atoms with Gasteiger partial charge in [0.2, 0.25) is 30.1 Å². The SMILES string of the molecule is CC(C)c1nc2c(c(-c3ccc(F)cc3)c1/C=C/[C@@H](O)C[C@@H](O)CC(=O)O)CCCN2S(C)(=O)=O.CC(C)c1nc2c(c(-c3ccc(F)cc3)c1/C=C/[C@@H](O)C[C@@H](O)CC(=O)OC(C)(C)C)CCCN2S(C)(=O)=O.CC(C)c1nc2c(c(-c3ccc(F)cc3)c1/C=C/[C@@H]1C[C@H](CC(=O)OC(C)(C)C)OC(C)(C)O1)CCCN2S(C)(=O)=O.Cl.II. The topological polar surface area (TPSA) is 340 Å². The maximum Gasteiger partial charge on any atom is 0.308 e. The van der Waals surface area contributed by atoms with Gasteiger partial charge < -0.3 is 44.5 Å². The van der Waals surface area contributed by atoms with Crippen molar-refractivity contribution in [3.8, 4) is 33.4 Å². The lowest BCUT2D eigenvalue weighted by Crippen LogP contribution is -2.45. The summed E-state index contributed by atoms with van der Waals surface area (Å²) in [6.45, 7) is 27.1. The fourth-order valence-electron chi connectivity index (χ4n) is 14.6. The Labute approximate surface area is 728 Å². The first kappa shape index (κ1) is 101. The number of aromatic nitrogens is 3. The van der Waals surface area contributed by atoms with Gasteiger partial charge in [0, 0.05) is 110 Å². The minimum absolute atomic E-state index is 0. The number of hydrogen-bond acceptors (Lipinski definition) is 20. The monoisotopic (exact) mass is 1960 g/mol. The number of anilines is 3. The summed E-state index contributed by atoms with van der Waals surface area (Å²) in [7, 11) is -10.7. The molecule has 5 N–H and O–H groups in total. The van der Waals surface area contributed by atoms with E-state index in [9.17, 15) is 73.2 Å². The highest BCUT2D eigenvalue weighted by atomic mass is 128. The number of aliphatic hydroxyl groups is 4. The summed E-state index contributed by atoms with van der Waals surface area (Å²) in [6.07, 6.45) is 11.7. The molecule has 1 fully saturated rings. The van der Waals surface area contributed by atoms with E-state index in [2.05, 4.69) is 37.2 Å². The lowest BCUT2D eigenvalue weighted by molar-refractivity contribution is -0.290. The summed E-state index contributed by atoms with van der Waals surface area (Å²) >= 11 is 4.24. The molecule has 0 saturated carbocycles. The normalized spacial score (nSPS) is 17.4. The molecule has 656 valence electrons. The van der Waals surface area contributed by atoms with Crippen LogP contribution in [0, 0.1) is 17.5 Å². The van der Waals surface area contributed by atoms with Crippen molar-refractivity contribution < 1.29 is 97.3 Å². The van der Waals surface area contributed by atoms with Gasteiger partial charge >= 0.3 is 17.9 Å². The maximum absolute atomic E-state index is 14.0. The van der Waals surface area contributed by atoms with Crippen LogP contribution < -0.4 is 12.9 Å². The molecule has 0 aliphatic carbocycles. The Balaban J connectivity index is 0.000000274. The van der Waals surface area contributed by atoms with Gasteiger partial charge in [-0.1, -0.05) is 114 Å². The molecule has 6 atom stereocenters. The molecule has 3 aromatic carbocycles. The summed E-state index contributed by atoms with van der Waals surface area (Å²) in [5.74, 6) is -3.21. The third-order valence-electron chi connectivity index (χ3n) is 19.2. The van der Waals surface area contributed by atoms with E-state index in [1.54, 1.807) is 69.3 Å². The number of hydrogen-bond donors (Lipinski definition) is 5. The van der Waals surface area contributed by atoms with Crippen LogP contribution in [-0.2, 0) is 82.7 Å². The fourth-order valence-corrected chi connectivity index (χ4v) is 17.4. The van der Waals surface area contributed by atoms with Gasteiger partial charge in [0.15, 0.2) is 5.79 Å². The molecule has 7 heterocycles. The van der Waals surface area contributed by atoms with Crippen LogP contribution in [0.5, 0.6) is 0 Å². The Bertz CT molecular complexity index is 4970. The van der Waals surface area contributed by atoms with Crippen LogP contribution in [0.2, 0.25) is 0 Å². The molecule has 0 radical (unpaired) electrons. The van der Waals surface area contributed by atoms with E-state index in [0.29, 0.717) is 121 Å². The minimum Gasteiger partial charge on any atom is -0.481 e. The molecule has 4 aliphatic rings. The van der Waals surface area contributed by atoms with Gasteiger partial charge in [-0.05, 0) is 181 Å². The van der Waals surface area contributed by atoms with E-state index in [-0.39, 0.29) is 73.7 Å². The van der Waals surface area contributed by atoms with E-state index in [1.807, 2.05) is 88.3 Å². The summed E-state index contributed by atoms with van der Waals surface area (Å²) in [5, 5.41) is 50.1. The highest BCUT2D eigenvalue weighted by molar-refractivity contribution is 15.0. The van der Waals surface area contributed by atoms with E-state index in [1.165, 1.54) is 67.7 Å². The lowest BCUT2D eigenvalue weighted by Gasteiger charge is -2.40. The number of aliphatic carboxylic acids is 1. The summed E-state index contributed by atoms with van der Waals surface area (Å²) in [6, 6.07) is 18.2. The van der Waals surface area contributed by atoms with Crippen molar-refractivity contribution in [1.29, 1.82) is 0 Å². The lowest BCUT2D eigenvalue weighted by atomic mass is 9.87. The number of halogens is 6. The van der Waals surface area contributed by atoms with Crippen molar-refractivity contribution in [1.82, 2.24) is 15.0 Å². The first-order valence-corrected chi connectivity index (χ1v) is 51.0. The van der Waals surface area contributed by atoms with Crippen LogP contribution in [0.1, 0.15) is 223 Å². The van der Waals surface area contributed by atoms with Crippen LogP contribution in [0.4, 0.5) is 30.6 Å². The Morgan fingerprint density at radius 1 is 0.529 bits per heavy atom. The number of carbonyl (C=O) groups excluding carboxylic acids is 2. The number of pyridine rings is 3. The van der Waals surface area contributed by atoms with Crippen LogP contribution in [-0.4, -0.2) is 176 Å². The first-order chi connectivity index (χ1) is 54.9. The van der Waals surface area contributed by atoms with Gasteiger partial charge in [0.25, 0.3) is 0 Å². The number of carbonyl (C=O) groups is 3. The molecule has 3 aromatic heterocycles. The summed E-state index contributed by atoms with van der Waals surface area (Å²) < 4.78 is 144. The third-order valence-corrected chi connectivity index (χ3v) is 22.7. The molecule has 6 aromatic rings. The van der Waals surface area contributed by atoms with Gasteiger partial charge in [-0.25, -0.2) is 53.4 Å². The molecule has 33 heteroatoms. The van der Waals surface area contributed by atoms with Gasteiger partial charge in [-0.2, -0.15) is 0 Å². The number of esters is 2. The average molecular weight is 1960 g/mol. The van der Waals surface area contributed by atoms with E-state index in [0.717, 1.165) is 57.1 Å². The molecule has 4 aliphatic heterocycles. The maximum atomic E-state index is 14.0. The molecule has 0 unspecified atom stereocenters. The summed E-state index contributed by atoms with van der Waals surface area (Å²) in [4.78, 5) is 49.9. The van der Waals surface area contributed by atoms with Crippen molar-refractivity contribution >= 4 is 133 Å². The fraction of sp³-hybridized carbons (Fsp3) is 0.512. The van der Waals surface area contributed by atoms with Crippen molar-refractivity contribution in [3.05, 3.63) is 159 Å². The van der Waals surface area contributed by atoms with E-state index < -0.39 is 108 Å². The highest BCUT2D eigenvalue weighted by Gasteiger charge is 2.39. The van der Waals surface area contributed by atoms with Crippen LogP contribution in [0.25, 0.3) is 51.6 Å². The van der Waals surface area contributed by atoms with Gasteiger partial charge in [-0.15, -0.1) is 12.4 Å². The third kappa shape index (κ3) is 28.9. The number of ether oxygens (including phenoxy) is 4. The number of benzene rings is 3. The molecule has 0 bridgehead atoms. The molecule has 0 spiro atoms. The molecule has 0 amide bonds. The second kappa shape index (κ2) is 43.1. The molecular weight excluding hydrogens is 1850 g/mol. The Kier molecular flexibility index (Phi) is 36.6. The summed E-state index contributed by atoms with van der Waals surface area (Å²) in [5.41, 5.74) is 9.60. The molecular formula is C86H114ClF3I2N6O18S3. The number of nitrogens with zero attached hydrogens (tertiary/aromatic N) is 6. The van der Waals surface area contributed by atoms with Crippen molar-refractivity contribution in [3.63, 3.8) is 0 Å². The number of carboxylic acid groups (broad SMARTS) is 1. The van der Waals surface area contributed by atoms with Crippen molar-refractivity contribution in [2.75, 3.05) is 51.3 Å². The molecule has 10 rings (SSSR count). The largest absolute Gasteiger partial charge is 0.481 e. The predicted molar refractivity (Wildman–Crippen MR) is 480 cm³/mol. The van der Waals surface area contributed by atoms with Gasteiger partial charge in [0.1, 0.15) is 46.1 Å². The van der Waals surface area contributed by atoms with E-state index >= 15 is 0 Å². The second-order valence-electron chi connectivity index (χ2n) is 33.3. The van der Waals surface area contributed by atoms with Crippen LogP contribution >= 0.6 is 49.6 Å². The second-order valence-corrected chi connectivity index (χ2v) is 39.0. The number of fused-ring (bicyclic) bond motifs is 3. The standard InChI is InChI=1S/C32H43FN2O6S.C29H39FN2O6S.C25H31FN2O6S.ClH.I2/c1-20(2)29-25(16-15-23-18-24(40-32(6,7)39-23)19-27(36)41-31(3,4)5)28(21-11-13-22(33)14-12-21)26-10-9-17-35(30(26)34-29)42(8,37)38;1-18(2)27-23(14-13-21(33)16-22(34)17-25(35)38-29(3,4)5)26(19-9-11-20(30)12-10-19)24-8-7-15-32(28(24)31-27)39(6,36)37;1-15(2)24-20(11-10-18(29)13-19(30)14-22(31)32)23(16-6-8-17(26)9-7-16)21-5-4-12-28(25(21)27-24)35(3,33)34;;1-2/h11-16,20,23-24H,9-10,17-19H2,1-8H3;9-14,18,21-22,33-34H,7-8,15-17H2,1-6H3;6-11,15,18-19,29-30H,4-5,12-14H2,1-3H3,(H,31,32);1H;/b16-15+;14-13+;11-10+;;/t23-,24-;21-,22-;18-,19-;;/m111../s1. The van der Waals surface area contributed by atoms with Gasteiger partial charge in [0.05, 0.1) is 91.7 Å². The number of carboxylic acids is 1. The zero-order valence-corrected chi connectivity index (χ0v) is 78.0. The molecule has 1 saturated heterocycles. The quantitative estimate of drug-likeness (QED) is 0.0262. The number of sulfonamides is 3. The zero-order valence-electron chi connectivity index (χ0n) is 70.4. The van der Waals surface area contributed by atoms with Crippen molar-refractivity contribution in [2.45, 2.75) is 245 Å². The van der Waals surface area contributed by atoms with E-state index in [4.69, 9.17) is 39.0 Å². The van der Waals surface area contributed by atoms with Crippen molar-refractivity contribution in [2.24, 2.45) is 0 Å². The Morgan fingerprint density at radius 2 is 0.840 bits per heavy atom. The van der Waals surface area contributed by atoms with Crippen LogP contribution in [0.15, 0.2) is 91.0 Å². The number of rotatable bonds is 25. The average Bonchev–Trinajstić information content (AvgIpc) is 0.756.